The van der Waals surface area contributed by atoms with Crippen molar-refractivity contribution in [3.05, 3.63) is 30.5 Å². The summed E-state index contributed by atoms with van der Waals surface area (Å²) in [7, 11) is 1.59. The molecule has 1 unspecified atom stereocenters. The van der Waals surface area contributed by atoms with Crippen molar-refractivity contribution in [3.63, 3.8) is 0 Å². The molecule has 1 aromatic heterocycles. The molecule has 6 nitrogen and oxygen atoms in total. The van der Waals surface area contributed by atoms with Crippen LogP contribution in [0.4, 0.5) is 0 Å². The molecule has 106 valence electrons. The van der Waals surface area contributed by atoms with E-state index in [1.807, 2.05) is 24.3 Å². The lowest BCUT2D eigenvalue weighted by Gasteiger charge is -2.15. The van der Waals surface area contributed by atoms with Crippen LogP contribution in [0.3, 0.4) is 0 Å². The van der Waals surface area contributed by atoms with Gasteiger partial charge in [0, 0.05) is 18.5 Å². The molecule has 0 aliphatic carbocycles. The van der Waals surface area contributed by atoms with Gasteiger partial charge in [0.05, 0.1) is 19.2 Å². The van der Waals surface area contributed by atoms with Crippen molar-refractivity contribution in [3.8, 4) is 5.75 Å². The van der Waals surface area contributed by atoms with E-state index in [0.29, 0.717) is 0 Å². The number of methoxy groups -OCH3 is 1. The van der Waals surface area contributed by atoms with Crippen molar-refractivity contribution in [1.29, 1.82) is 0 Å². The molecule has 0 fully saturated rings. The van der Waals surface area contributed by atoms with Gasteiger partial charge in [0.15, 0.2) is 0 Å². The third kappa shape index (κ3) is 2.74. The molecule has 1 aromatic carbocycles. The van der Waals surface area contributed by atoms with Gasteiger partial charge in [0.1, 0.15) is 11.8 Å². The van der Waals surface area contributed by atoms with Gasteiger partial charge in [-0.2, -0.15) is 0 Å². The van der Waals surface area contributed by atoms with Gasteiger partial charge in [-0.1, -0.05) is 6.07 Å². The van der Waals surface area contributed by atoms with E-state index in [0.717, 1.165) is 16.7 Å². The van der Waals surface area contributed by atoms with Gasteiger partial charge >= 0.3 is 5.97 Å². The Bertz CT molecular complexity index is 648. The topological polar surface area (TPSA) is 80.6 Å². The summed E-state index contributed by atoms with van der Waals surface area (Å²) in [5, 5.41) is 12.5. The van der Waals surface area contributed by atoms with Crippen LogP contribution < -0.4 is 10.1 Å². The summed E-state index contributed by atoms with van der Waals surface area (Å²) in [6, 6.07) is 6.46. The maximum absolute atomic E-state index is 11.2. The number of nitrogens with one attached hydrogen (secondary N) is 1. The smallest absolute Gasteiger partial charge is 0.328 e. The number of carboxylic acid groups (broad SMARTS) is 1. The van der Waals surface area contributed by atoms with Crippen LogP contribution in [0, 0.1) is 0 Å². The molecule has 20 heavy (non-hydrogen) atoms. The minimum absolute atomic E-state index is 0.158. The summed E-state index contributed by atoms with van der Waals surface area (Å²) in [6.45, 7) is 1.46. The zero-order chi connectivity index (χ0) is 14.7. The summed E-state index contributed by atoms with van der Waals surface area (Å²) in [5.74, 6) is -0.705. The second kappa shape index (κ2) is 5.64. The second-order valence-corrected chi connectivity index (χ2v) is 4.45. The molecule has 1 amide bonds. The third-order valence-corrected chi connectivity index (χ3v) is 3.05. The fourth-order valence-corrected chi connectivity index (χ4v) is 2.16. The molecule has 2 rings (SSSR count). The van der Waals surface area contributed by atoms with Crippen LogP contribution >= 0.6 is 0 Å². The molecule has 1 atom stereocenters. The predicted octanol–water partition coefficient (Wildman–Crippen LogP) is 1.24. The van der Waals surface area contributed by atoms with Crippen molar-refractivity contribution in [2.24, 2.45) is 0 Å². The number of nitrogens with zero attached hydrogens (tertiary/aromatic N) is 1. The standard InChI is InChI=1S/C14H16N2O4/c1-9(17)15-11(14(18)19)8-16-7-6-10-12(16)4-3-5-13(10)20-2/h3-7,11H,8H2,1-2H3,(H,15,17)(H,18,19). The first kappa shape index (κ1) is 13.9. The number of ether oxygens (including phenoxy) is 1. The highest BCUT2D eigenvalue weighted by Crippen LogP contribution is 2.26. The maximum atomic E-state index is 11.2. The van der Waals surface area contributed by atoms with Gasteiger partial charge in [-0.3, -0.25) is 4.79 Å². The van der Waals surface area contributed by atoms with Crippen LogP contribution in [0.5, 0.6) is 5.75 Å². The number of benzene rings is 1. The lowest BCUT2D eigenvalue weighted by Crippen LogP contribution is -2.42. The molecule has 6 heteroatoms. The van der Waals surface area contributed by atoms with Crippen molar-refractivity contribution in [1.82, 2.24) is 9.88 Å². The van der Waals surface area contributed by atoms with Crippen molar-refractivity contribution in [2.45, 2.75) is 19.5 Å². The third-order valence-electron chi connectivity index (χ3n) is 3.05. The highest BCUT2D eigenvalue weighted by Gasteiger charge is 2.19. The van der Waals surface area contributed by atoms with E-state index in [-0.39, 0.29) is 12.5 Å². The number of aliphatic carboxylic acids is 1. The van der Waals surface area contributed by atoms with E-state index in [4.69, 9.17) is 9.84 Å². The Labute approximate surface area is 116 Å². The van der Waals surface area contributed by atoms with Crippen LogP contribution in [0.15, 0.2) is 30.5 Å². The molecular formula is C14H16N2O4. The summed E-state index contributed by atoms with van der Waals surface area (Å²) >= 11 is 0. The molecule has 0 saturated heterocycles. The Balaban J connectivity index is 2.33. The number of amides is 1. The first-order valence-electron chi connectivity index (χ1n) is 6.14. The normalized spacial score (nSPS) is 12.1. The average Bonchev–Trinajstić information content (AvgIpc) is 2.80. The summed E-state index contributed by atoms with van der Waals surface area (Å²) in [4.78, 5) is 22.2. The molecule has 0 bridgehead atoms. The van der Waals surface area contributed by atoms with Crippen LogP contribution in [-0.2, 0) is 16.1 Å². The Morgan fingerprint density at radius 2 is 2.15 bits per heavy atom. The van der Waals surface area contributed by atoms with E-state index >= 15 is 0 Å². The average molecular weight is 276 g/mol. The maximum Gasteiger partial charge on any atom is 0.328 e. The van der Waals surface area contributed by atoms with Crippen molar-refractivity contribution in [2.75, 3.05) is 7.11 Å². The minimum atomic E-state index is -1.06. The zero-order valence-corrected chi connectivity index (χ0v) is 11.3. The molecular weight excluding hydrogens is 260 g/mol. The fraction of sp³-hybridized carbons (Fsp3) is 0.286. The number of fused-ring (bicyclic) bond motifs is 1. The fourth-order valence-electron chi connectivity index (χ4n) is 2.16. The van der Waals surface area contributed by atoms with Crippen LogP contribution in [-0.4, -0.2) is 34.7 Å². The Morgan fingerprint density at radius 3 is 2.75 bits per heavy atom. The quantitative estimate of drug-likeness (QED) is 0.861. The van der Waals surface area contributed by atoms with Gasteiger partial charge in [-0.05, 0) is 18.2 Å². The van der Waals surface area contributed by atoms with E-state index in [9.17, 15) is 9.59 Å². The molecule has 1 heterocycles. The zero-order valence-electron chi connectivity index (χ0n) is 11.3. The molecule has 2 aromatic rings. The largest absolute Gasteiger partial charge is 0.496 e. The number of aromatic nitrogens is 1. The number of rotatable bonds is 5. The lowest BCUT2D eigenvalue weighted by molar-refractivity contribution is -0.141. The van der Waals surface area contributed by atoms with Gasteiger partial charge in [0.2, 0.25) is 5.91 Å². The second-order valence-electron chi connectivity index (χ2n) is 4.45. The van der Waals surface area contributed by atoms with Crippen LogP contribution in [0.1, 0.15) is 6.92 Å². The first-order valence-corrected chi connectivity index (χ1v) is 6.14. The summed E-state index contributed by atoms with van der Waals surface area (Å²) in [6.07, 6.45) is 1.78. The molecule has 0 saturated carbocycles. The first-order chi connectivity index (χ1) is 9.52. The monoisotopic (exact) mass is 276 g/mol. The predicted molar refractivity (Wildman–Crippen MR) is 73.7 cm³/mol. The highest BCUT2D eigenvalue weighted by atomic mass is 16.5. The summed E-state index contributed by atoms with van der Waals surface area (Å²) in [5.41, 5.74) is 0.862. The number of carboxylic acids is 1. The number of carbonyl (C=O) groups is 2. The van der Waals surface area contributed by atoms with Crippen molar-refractivity contribution >= 4 is 22.8 Å². The minimum Gasteiger partial charge on any atom is -0.496 e. The van der Waals surface area contributed by atoms with Gasteiger partial charge < -0.3 is 19.7 Å². The van der Waals surface area contributed by atoms with Crippen LogP contribution in [0.25, 0.3) is 10.9 Å². The van der Waals surface area contributed by atoms with E-state index in [2.05, 4.69) is 5.32 Å². The number of hydrogen-bond acceptors (Lipinski definition) is 3. The highest BCUT2D eigenvalue weighted by molar-refractivity contribution is 5.87. The SMILES string of the molecule is COc1cccc2c1ccn2CC(NC(C)=O)C(=O)O. The number of carbonyl (C=O) groups excluding carboxylic acids is 1. The van der Waals surface area contributed by atoms with Gasteiger partial charge in [-0.15, -0.1) is 0 Å². The van der Waals surface area contributed by atoms with E-state index in [1.54, 1.807) is 17.9 Å². The molecule has 2 N–H and O–H groups in total. The molecule has 0 radical (unpaired) electrons. The van der Waals surface area contributed by atoms with Gasteiger partial charge in [0.25, 0.3) is 0 Å². The Kier molecular flexibility index (Phi) is 3.93. The van der Waals surface area contributed by atoms with E-state index < -0.39 is 12.0 Å². The number of hydrogen-bond donors (Lipinski definition) is 2. The summed E-state index contributed by atoms with van der Waals surface area (Å²) < 4.78 is 7.04. The Hall–Kier alpha value is -2.50. The van der Waals surface area contributed by atoms with Gasteiger partial charge in [-0.25, -0.2) is 4.79 Å². The molecule has 0 spiro atoms. The van der Waals surface area contributed by atoms with E-state index in [1.165, 1.54) is 6.92 Å². The van der Waals surface area contributed by atoms with Crippen molar-refractivity contribution < 1.29 is 19.4 Å². The van der Waals surface area contributed by atoms with Crippen LogP contribution in [0.2, 0.25) is 0 Å². The Morgan fingerprint density at radius 1 is 1.40 bits per heavy atom. The molecule has 0 aliphatic rings. The lowest BCUT2D eigenvalue weighted by atomic mass is 10.2. The molecule has 0 aliphatic heterocycles.